The molecule has 0 aliphatic heterocycles. The Balaban J connectivity index is 1.68. The quantitative estimate of drug-likeness (QED) is 0.679. The van der Waals surface area contributed by atoms with Crippen molar-refractivity contribution in [2.45, 2.75) is 12.8 Å². The summed E-state index contributed by atoms with van der Waals surface area (Å²) in [6.45, 7) is 0.823. The molecule has 0 aliphatic carbocycles. The third-order valence-electron chi connectivity index (χ3n) is 3.32. The average molecular weight is 283 g/mol. The molecule has 3 aromatic rings. The van der Waals surface area contributed by atoms with Crippen molar-refractivity contribution >= 4 is 16.6 Å². The average Bonchev–Trinajstić information content (AvgIpc) is 3.04. The number of benzene rings is 1. The van der Waals surface area contributed by atoms with Crippen molar-refractivity contribution in [3.63, 3.8) is 0 Å². The SMILES string of the molecule is COc1ccc2ccnc(NCCCc3ncn[nH]3)c2c1. The molecule has 0 unspecified atom stereocenters. The van der Waals surface area contributed by atoms with Gasteiger partial charge in [0, 0.05) is 24.5 Å². The fourth-order valence-electron chi connectivity index (χ4n) is 2.23. The summed E-state index contributed by atoms with van der Waals surface area (Å²) < 4.78 is 5.28. The van der Waals surface area contributed by atoms with Gasteiger partial charge in [0.1, 0.15) is 23.7 Å². The van der Waals surface area contributed by atoms with Gasteiger partial charge in [-0.15, -0.1) is 0 Å². The van der Waals surface area contributed by atoms with E-state index in [-0.39, 0.29) is 0 Å². The third-order valence-corrected chi connectivity index (χ3v) is 3.32. The zero-order chi connectivity index (χ0) is 14.5. The van der Waals surface area contributed by atoms with Gasteiger partial charge in [0.15, 0.2) is 0 Å². The smallest absolute Gasteiger partial charge is 0.137 e. The third kappa shape index (κ3) is 3.10. The highest BCUT2D eigenvalue weighted by Crippen LogP contribution is 2.25. The van der Waals surface area contributed by atoms with Crippen LogP contribution in [0, 0.1) is 0 Å². The summed E-state index contributed by atoms with van der Waals surface area (Å²) in [4.78, 5) is 8.52. The maximum atomic E-state index is 5.28. The first kappa shape index (κ1) is 13.4. The summed E-state index contributed by atoms with van der Waals surface area (Å²) in [5.74, 6) is 2.62. The van der Waals surface area contributed by atoms with Crippen LogP contribution in [0.1, 0.15) is 12.2 Å². The van der Waals surface area contributed by atoms with Crippen molar-refractivity contribution < 1.29 is 4.74 Å². The summed E-state index contributed by atoms with van der Waals surface area (Å²) in [6.07, 6.45) is 5.16. The second-order valence-corrected chi connectivity index (χ2v) is 4.71. The normalized spacial score (nSPS) is 10.7. The van der Waals surface area contributed by atoms with E-state index in [4.69, 9.17) is 4.74 Å². The maximum Gasteiger partial charge on any atom is 0.137 e. The summed E-state index contributed by atoms with van der Waals surface area (Å²) in [5, 5.41) is 12.3. The molecule has 0 saturated carbocycles. The number of rotatable bonds is 6. The molecular weight excluding hydrogens is 266 g/mol. The van der Waals surface area contributed by atoms with Crippen LogP contribution in [0.15, 0.2) is 36.8 Å². The summed E-state index contributed by atoms with van der Waals surface area (Å²) in [5.41, 5.74) is 0. The lowest BCUT2D eigenvalue weighted by molar-refractivity contribution is 0.415. The number of pyridine rings is 1. The fraction of sp³-hybridized carbons (Fsp3) is 0.267. The van der Waals surface area contributed by atoms with Crippen LogP contribution in [0.4, 0.5) is 5.82 Å². The lowest BCUT2D eigenvalue weighted by Crippen LogP contribution is -2.05. The summed E-state index contributed by atoms with van der Waals surface area (Å²) in [7, 11) is 1.67. The predicted octanol–water partition coefficient (Wildman–Crippen LogP) is 2.41. The van der Waals surface area contributed by atoms with Crippen molar-refractivity contribution in [3.05, 3.63) is 42.6 Å². The van der Waals surface area contributed by atoms with Gasteiger partial charge in [-0.25, -0.2) is 9.97 Å². The second-order valence-electron chi connectivity index (χ2n) is 4.71. The number of H-pyrrole nitrogens is 1. The number of nitrogens with zero attached hydrogens (tertiary/aromatic N) is 3. The van der Waals surface area contributed by atoms with E-state index >= 15 is 0 Å². The first-order valence-corrected chi connectivity index (χ1v) is 6.87. The van der Waals surface area contributed by atoms with Crippen LogP contribution in [0.25, 0.3) is 10.8 Å². The fourth-order valence-corrected chi connectivity index (χ4v) is 2.23. The van der Waals surface area contributed by atoms with E-state index in [1.807, 2.05) is 30.5 Å². The molecule has 0 atom stereocenters. The molecule has 0 spiro atoms. The van der Waals surface area contributed by atoms with Gasteiger partial charge in [0.05, 0.1) is 7.11 Å². The van der Waals surface area contributed by atoms with Crippen LogP contribution in [0.3, 0.4) is 0 Å². The van der Waals surface area contributed by atoms with Gasteiger partial charge in [-0.05, 0) is 30.0 Å². The number of aromatic nitrogens is 4. The molecule has 21 heavy (non-hydrogen) atoms. The Labute approximate surface area is 122 Å². The van der Waals surface area contributed by atoms with Gasteiger partial charge in [-0.1, -0.05) is 6.07 Å². The van der Waals surface area contributed by atoms with Crippen molar-refractivity contribution in [3.8, 4) is 5.75 Å². The number of aryl methyl sites for hydroxylation is 1. The van der Waals surface area contributed by atoms with E-state index in [0.29, 0.717) is 0 Å². The van der Waals surface area contributed by atoms with Crippen LogP contribution in [-0.4, -0.2) is 33.8 Å². The molecule has 0 bridgehead atoms. The van der Waals surface area contributed by atoms with E-state index in [1.54, 1.807) is 7.11 Å². The van der Waals surface area contributed by atoms with E-state index in [1.165, 1.54) is 6.33 Å². The van der Waals surface area contributed by atoms with E-state index in [0.717, 1.165) is 47.6 Å². The van der Waals surface area contributed by atoms with Crippen LogP contribution >= 0.6 is 0 Å². The Morgan fingerprint density at radius 2 is 2.19 bits per heavy atom. The van der Waals surface area contributed by atoms with Gasteiger partial charge in [0.2, 0.25) is 0 Å². The Bertz CT molecular complexity index is 711. The van der Waals surface area contributed by atoms with E-state index in [9.17, 15) is 0 Å². The highest BCUT2D eigenvalue weighted by Gasteiger charge is 2.04. The number of hydrogen-bond donors (Lipinski definition) is 2. The van der Waals surface area contributed by atoms with Gasteiger partial charge in [-0.3, -0.25) is 5.10 Å². The molecular formula is C15H17N5O. The van der Waals surface area contributed by atoms with E-state index < -0.39 is 0 Å². The topological polar surface area (TPSA) is 75.7 Å². The largest absolute Gasteiger partial charge is 0.497 e. The monoisotopic (exact) mass is 283 g/mol. The maximum absolute atomic E-state index is 5.28. The Hall–Kier alpha value is -2.63. The van der Waals surface area contributed by atoms with Crippen LogP contribution in [0.2, 0.25) is 0 Å². The second kappa shape index (κ2) is 6.21. The molecule has 0 fully saturated rings. The molecule has 108 valence electrons. The highest BCUT2D eigenvalue weighted by atomic mass is 16.5. The molecule has 0 saturated heterocycles. The molecule has 6 heteroatoms. The van der Waals surface area contributed by atoms with Crippen molar-refractivity contribution in [1.29, 1.82) is 0 Å². The lowest BCUT2D eigenvalue weighted by atomic mass is 10.1. The Morgan fingerprint density at radius 1 is 1.24 bits per heavy atom. The minimum Gasteiger partial charge on any atom is -0.497 e. The lowest BCUT2D eigenvalue weighted by Gasteiger charge is -2.09. The number of anilines is 1. The summed E-state index contributed by atoms with van der Waals surface area (Å²) >= 11 is 0. The number of aromatic amines is 1. The molecule has 6 nitrogen and oxygen atoms in total. The molecule has 2 aromatic heterocycles. The number of nitrogens with one attached hydrogen (secondary N) is 2. The Morgan fingerprint density at radius 3 is 3.00 bits per heavy atom. The highest BCUT2D eigenvalue weighted by molar-refractivity contribution is 5.92. The van der Waals surface area contributed by atoms with Gasteiger partial charge >= 0.3 is 0 Å². The Kier molecular flexibility index (Phi) is 3.95. The van der Waals surface area contributed by atoms with E-state index in [2.05, 4.69) is 25.5 Å². The molecule has 0 radical (unpaired) electrons. The van der Waals surface area contributed by atoms with Gasteiger partial charge < -0.3 is 10.1 Å². The molecule has 3 rings (SSSR count). The first-order chi connectivity index (χ1) is 10.4. The standard InChI is InChI=1S/C15H17N5O/c1-21-12-5-4-11-6-8-17-15(13(11)9-12)16-7-2-3-14-18-10-19-20-14/h4-6,8-10H,2-3,7H2,1H3,(H,16,17)(H,18,19,20). The van der Waals surface area contributed by atoms with Crippen LogP contribution < -0.4 is 10.1 Å². The zero-order valence-electron chi connectivity index (χ0n) is 11.8. The number of ether oxygens (including phenoxy) is 1. The zero-order valence-corrected chi connectivity index (χ0v) is 11.8. The van der Waals surface area contributed by atoms with Crippen molar-refractivity contribution in [1.82, 2.24) is 20.2 Å². The molecule has 0 aliphatic rings. The first-order valence-electron chi connectivity index (χ1n) is 6.87. The number of hydrogen-bond acceptors (Lipinski definition) is 5. The van der Waals surface area contributed by atoms with Gasteiger partial charge in [-0.2, -0.15) is 5.10 Å². The summed E-state index contributed by atoms with van der Waals surface area (Å²) in [6, 6.07) is 7.99. The molecule has 1 aromatic carbocycles. The number of methoxy groups -OCH3 is 1. The minimum absolute atomic E-state index is 0.823. The molecule has 0 amide bonds. The van der Waals surface area contributed by atoms with Crippen LogP contribution in [0.5, 0.6) is 5.75 Å². The van der Waals surface area contributed by atoms with Crippen molar-refractivity contribution in [2.24, 2.45) is 0 Å². The molecule has 2 heterocycles. The minimum atomic E-state index is 0.823. The van der Waals surface area contributed by atoms with Gasteiger partial charge in [0.25, 0.3) is 0 Å². The van der Waals surface area contributed by atoms with Crippen molar-refractivity contribution in [2.75, 3.05) is 19.0 Å². The molecule has 2 N–H and O–H groups in total. The number of fused-ring (bicyclic) bond motifs is 1. The predicted molar refractivity (Wildman–Crippen MR) is 81.5 cm³/mol. The van der Waals surface area contributed by atoms with Crippen LogP contribution in [-0.2, 0) is 6.42 Å².